The summed E-state index contributed by atoms with van der Waals surface area (Å²) < 4.78 is 5.58. The quantitative estimate of drug-likeness (QED) is 0.352. The van der Waals surface area contributed by atoms with Crippen molar-refractivity contribution in [3.63, 3.8) is 0 Å². The Bertz CT molecular complexity index is 498. The van der Waals surface area contributed by atoms with E-state index in [1.54, 1.807) is 0 Å². The van der Waals surface area contributed by atoms with E-state index < -0.39 is 6.10 Å². The molecule has 0 bridgehead atoms. The number of rotatable bonds is 7. The number of nitrogens with one attached hydrogen (secondary N) is 1. The maximum absolute atomic E-state index is 10.2. The zero-order valence-corrected chi connectivity index (χ0v) is 12.5. The molecule has 0 amide bonds. The molecule has 0 fully saturated rings. The standard InChI is InChI=1S/C16H20NO2P.BH3/c1-13(16(18)14-8-4-2-5-9-14)17-12-19-20-15-10-6-3-7-11-15;/h2-11,13,16-18,20H,12H2,1H3;1H3. The highest BCUT2D eigenvalue weighted by Gasteiger charge is 2.15. The molecular formula is C16H23BNO2P. The van der Waals surface area contributed by atoms with Gasteiger partial charge in [0.05, 0.1) is 14.5 Å². The summed E-state index contributed by atoms with van der Waals surface area (Å²) in [7, 11) is 0.320. The minimum atomic E-state index is -0.528. The molecular weight excluding hydrogens is 280 g/mol. The molecule has 112 valence electrons. The minimum Gasteiger partial charge on any atom is -0.387 e. The molecule has 21 heavy (non-hydrogen) atoms. The monoisotopic (exact) mass is 303 g/mol. The lowest BCUT2D eigenvalue weighted by Crippen LogP contribution is -2.33. The Morgan fingerprint density at radius 3 is 2.24 bits per heavy atom. The summed E-state index contributed by atoms with van der Waals surface area (Å²) in [4.78, 5) is 0. The van der Waals surface area contributed by atoms with E-state index in [2.05, 4.69) is 5.32 Å². The average molecular weight is 303 g/mol. The summed E-state index contributed by atoms with van der Waals surface area (Å²) in [5.74, 6) is 0. The lowest BCUT2D eigenvalue weighted by molar-refractivity contribution is 0.123. The third-order valence-electron chi connectivity index (χ3n) is 3.06. The van der Waals surface area contributed by atoms with Crippen molar-refractivity contribution < 1.29 is 9.63 Å². The van der Waals surface area contributed by atoms with Crippen LogP contribution in [0.3, 0.4) is 0 Å². The molecule has 2 rings (SSSR count). The maximum Gasteiger partial charge on any atom is 0.101 e. The SMILES string of the molecule is B.CC(NCOPc1ccccc1)C(O)c1ccccc1. The topological polar surface area (TPSA) is 41.5 Å². The summed E-state index contributed by atoms with van der Waals surface area (Å²) in [5.41, 5.74) is 0.915. The van der Waals surface area contributed by atoms with Gasteiger partial charge in [0.15, 0.2) is 0 Å². The van der Waals surface area contributed by atoms with E-state index in [-0.39, 0.29) is 14.5 Å². The van der Waals surface area contributed by atoms with Crippen LogP contribution in [-0.4, -0.2) is 26.3 Å². The maximum atomic E-state index is 10.2. The molecule has 0 radical (unpaired) electrons. The highest BCUT2D eigenvalue weighted by atomic mass is 31.1. The van der Waals surface area contributed by atoms with Gasteiger partial charge in [-0.2, -0.15) is 0 Å². The van der Waals surface area contributed by atoms with Gasteiger partial charge in [0.25, 0.3) is 0 Å². The van der Waals surface area contributed by atoms with Crippen LogP contribution in [0.5, 0.6) is 0 Å². The predicted molar refractivity (Wildman–Crippen MR) is 94.3 cm³/mol. The summed E-state index contributed by atoms with van der Waals surface area (Å²) in [6.45, 7) is 2.38. The highest BCUT2D eigenvalue weighted by molar-refractivity contribution is 7.41. The first-order chi connectivity index (χ1) is 9.77. The van der Waals surface area contributed by atoms with Crippen LogP contribution in [0.2, 0.25) is 0 Å². The Morgan fingerprint density at radius 1 is 1.05 bits per heavy atom. The van der Waals surface area contributed by atoms with Crippen molar-refractivity contribution in [1.29, 1.82) is 0 Å². The zero-order valence-electron chi connectivity index (χ0n) is 11.5. The summed E-state index contributed by atoms with van der Waals surface area (Å²) in [6, 6.07) is 19.7. The minimum absolute atomic E-state index is 0. The summed E-state index contributed by atoms with van der Waals surface area (Å²) in [6.07, 6.45) is -0.528. The molecule has 0 heterocycles. The number of benzene rings is 2. The Kier molecular flexibility index (Phi) is 8.25. The molecule has 0 aliphatic rings. The van der Waals surface area contributed by atoms with Crippen molar-refractivity contribution in [3.05, 3.63) is 66.2 Å². The Morgan fingerprint density at radius 2 is 1.62 bits per heavy atom. The fourth-order valence-corrected chi connectivity index (χ4v) is 2.50. The Balaban J connectivity index is 0.00000220. The Hall–Kier alpha value is -1.19. The normalized spacial score (nSPS) is 13.8. The fraction of sp³-hybridized carbons (Fsp3) is 0.250. The number of hydrogen-bond donors (Lipinski definition) is 2. The van der Waals surface area contributed by atoms with Gasteiger partial charge in [-0.1, -0.05) is 60.7 Å². The molecule has 2 N–H and O–H groups in total. The van der Waals surface area contributed by atoms with E-state index in [4.69, 9.17) is 4.52 Å². The largest absolute Gasteiger partial charge is 0.387 e. The molecule has 3 atom stereocenters. The van der Waals surface area contributed by atoms with Crippen molar-refractivity contribution >= 4 is 22.5 Å². The van der Waals surface area contributed by atoms with Crippen molar-refractivity contribution in [3.8, 4) is 0 Å². The number of aliphatic hydroxyl groups excluding tert-OH is 1. The number of hydrogen-bond acceptors (Lipinski definition) is 3. The van der Waals surface area contributed by atoms with Gasteiger partial charge in [-0.3, -0.25) is 5.32 Å². The second kappa shape index (κ2) is 9.70. The molecule has 0 aliphatic heterocycles. The van der Waals surface area contributed by atoms with E-state index in [9.17, 15) is 5.11 Å². The first kappa shape index (κ1) is 17.9. The molecule has 3 nitrogen and oxygen atoms in total. The third kappa shape index (κ3) is 5.98. The van der Waals surface area contributed by atoms with E-state index >= 15 is 0 Å². The lowest BCUT2D eigenvalue weighted by Gasteiger charge is -2.20. The van der Waals surface area contributed by atoms with Crippen LogP contribution in [0.15, 0.2) is 60.7 Å². The smallest absolute Gasteiger partial charge is 0.101 e. The van der Waals surface area contributed by atoms with Crippen LogP contribution in [0.1, 0.15) is 18.6 Å². The van der Waals surface area contributed by atoms with E-state index in [0.717, 1.165) is 5.56 Å². The van der Waals surface area contributed by atoms with Crippen molar-refractivity contribution in [2.45, 2.75) is 19.1 Å². The van der Waals surface area contributed by atoms with Crippen LogP contribution in [0.4, 0.5) is 0 Å². The molecule has 3 unspecified atom stereocenters. The fourth-order valence-electron chi connectivity index (χ4n) is 1.85. The second-order valence-corrected chi connectivity index (χ2v) is 5.68. The molecule has 0 aromatic heterocycles. The lowest BCUT2D eigenvalue weighted by atomic mass is 10.0. The summed E-state index contributed by atoms with van der Waals surface area (Å²) >= 11 is 0. The average Bonchev–Trinajstić information content (AvgIpc) is 2.52. The third-order valence-corrected chi connectivity index (χ3v) is 3.91. The predicted octanol–water partition coefficient (Wildman–Crippen LogP) is 1.41. The van der Waals surface area contributed by atoms with Crippen molar-refractivity contribution in [2.24, 2.45) is 0 Å². The molecule has 2 aromatic carbocycles. The molecule has 0 aliphatic carbocycles. The van der Waals surface area contributed by atoms with Gasteiger partial charge in [-0.15, -0.1) is 0 Å². The van der Waals surface area contributed by atoms with Gasteiger partial charge < -0.3 is 9.63 Å². The highest BCUT2D eigenvalue weighted by Crippen LogP contribution is 2.16. The van der Waals surface area contributed by atoms with Crippen molar-refractivity contribution in [2.75, 3.05) is 6.73 Å². The van der Waals surface area contributed by atoms with Crippen LogP contribution in [-0.2, 0) is 4.52 Å². The van der Waals surface area contributed by atoms with Gasteiger partial charge in [0.1, 0.15) is 6.73 Å². The van der Waals surface area contributed by atoms with Gasteiger partial charge in [-0.05, 0) is 17.8 Å². The van der Waals surface area contributed by atoms with Crippen molar-refractivity contribution in [1.82, 2.24) is 5.32 Å². The van der Waals surface area contributed by atoms with Gasteiger partial charge in [0, 0.05) is 14.8 Å². The Labute approximate surface area is 130 Å². The first-order valence-corrected chi connectivity index (χ1v) is 7.57. The van der Waals surface area contributed by atoms with Gasteiger partial charge in [-0.25, -0.2) is 0 Å². The van der Waals surface area contributed by atoms with Gasteiger partial charge >= 0.3 is 0 Å². The second-order valence-electron chi connectivity index (χ2n) is 4.61. The molecule has 2 aromatic rings. The first-order valence-electron chi connectivity index (χ1n) is 6.66. The molecule has 0 saturated heterocycles. The molecule has 0 spiro atoms. The molecule has 0 saturated carbocycles. The van der Waals surface area contributed by atoms with Crippen LogP contribution in [0.25, 0.3) is 0 Å². The van der Waals surface area contributed by atoms with Crippen LogP contribution in [0, 0.1) is 0 Å². The van der Waals surface area contributed by atoms with E-state index in [1.165, 1.54) is 5.30 Å². The summed E-state index contributed by atoms with van der Waals surface area (Å²) in [5, 5.41) is 14.5. The molecule has 5 heteroatoms. The van der Waals surface area contributed by atoms with Crippen LogP contribution >= 0.6 is 8.81 Å². The van der Waals surface area contributed by atoms with Crippen LogP contribution < -0.4 is 10.6 Å². The number of aliphatic hydroxyl groups is 1. The van der Waals surface area contributed by atoms with E-state index in [0.29, 0.717) is 15.5 Å². The van der Waals surface area contributed by atoms with E-state index in [1.807, 2.05) is 67.6 Å². The van der Waals surface area contributed by atoms with Gasteiger partial charge in [0.2, 0.25) is 0 Å². The zero-order chi connectivity index (χ0) is 14.2.